The quantitative estimate of drug-likeness (QED) is 0.180. The lowest BCUT2D eigenvalue weighted by atomic mass is 9.89. The van der Waals surface area contributed by atoms with Crippen LogP contribution < -0.4 is 0 Å². The van der Waals surface area contributed by atoms with Crippen LogP contribution in [0.25, 0.3) is 0 Å². The van der Waals surface area contributed by atoms with Crippen molar-refractivity contribution in [3.8, 4) is 0 Å². The maximum atomic E-state index is 12.6. The number of Topliss-reactive ketones (excluding diaryl/α,β-unsaturated/α-hetero) is 6. The monoisotopic (exact) mass is 518 g/mol. The van der Waals surface area contributed by atoms with E-state index in [1.165, 1.54) is 12.2 Å². The predicted octanol–water partition coefficient (Wildman–Crippen LogP) is 5.23. The van der Waals surface area contributed by atoms with Gasteiger partial charge in [-0.1, -0.05) is 39.8 Å². The molecule has 0 saturated heterocycles. The van der Waals surface area contributed by atoms with E-state index < -0.39 is 35.9 Å². The van der Waals surface area contributed by atoms with E-state index in [1.807, 2.05) is 0 Å². The molecular formula is C30H46O7. The molecule has 7 heteroatoms. The molecule has 0 radical (unpaired) electrons. The number of rotatable bonds is 22. The third-order valence-electron chi connectivity index (χ3n) is 6.47. The van der Waals surface area contributed by atoms with Crippen molar-refractivity contribution in [2.75, 3.05) is 0 Å². The number of ether oxygens (including phenoxy) is 1. The summed E-state index contributed by atoms with van der Waals surface area (Å²) in [6.07, 6.45) is 3.27. The number of carbonyl (C=O) groups is 6. The number of hydrogen-bond donors (Lipinski definition) is 0. The zero-order chi connectivity index (χ0) is 28.7. The average Bonchev–Trinajstić information content (AvgIpc) is 2.78. The van der Waals surface area contributed by atoms with E-state index in [1.54, 1.807) is 41.5 Å². The lowest BCUT2D eigenvalue weighted by Crippen LogP contribution is -2.28. The first-order valence-electron chi connectivity index (χ1n) is 13.2. The minimum absolute atomic E-state index is 0.0489. The molecule has 0 saturated carbocycles. The maximum Gasteiger partial charge on any atom is 0.138 e. The Bertz CT molecular complexity index is 773. The second-order valence-electron chi connectivity index (χ2n) is 10.5. The SMILES string of the molecule is C=CCC(=O)CC(C)C(=O)CC(C)C(=O)CC(C)OC(C)CC(=O)C(C)CC(=O)C(C)CC(=O)CC=C. The largest absolute Gasteiger partial charge is 0.375 e. The molecule has 0 rings (SSSR count). The van der Waals surface area contributed by atoms with Gasteiger partial charge in [0.2, 0.25) is 0 Å². The van der Waals surface area contributed by atoms with Crippen molar-refractivity contribution in [1.82, 2.24) is 0 Å². The fraction of sp³-hybridized carbons (Fsp3) is 0.667. The van der Waals surface area contributed by atoms with Gasteiger partial charge in [0.05, 0.1) is 12.2 Å². The molecule has 7 nitrogen and oxygen atoms in total. The van der Waals surface area contributed by atoms with Crippen LogP contribution in [0.2, 0.25) is 0 Å². The first-order valence-corrected chi connectivity index (χ1v) is 13.2. The Kier molecular flexibility index (Phi) is 16.6. The van der Waals surface area contributed by atoms with Gasteiger partial charge in [-0.15, -0.1) is 13.2 Å². The minimum atomic E-state index is -0.487. The van der Waals surface area contributed by atoms with Gasteiger partial charge in [-0.3, -0.25) is 28.8 Å². The Morgan fingerprint density at radius 3 is 1.08 bits per heavy atom. The van der Waals surface area contributed by atoms with E-state index in [2.05, 4.69) is 13.2 Å². The van der Waals surface area contributed by atoms with Gasteiger partial charge in [-0.25, -0.2) is 0 Å². The molecule has 208 valence electrons. The van der Waals surface area contributed by atoms with Gasteiger partial charge in [0.25, 0.3) is 0 Å². The smallest absolute Gasteiger partial charge is 0.138 e. The summed E-state index contributed by atoms with van der Waals surface area (Å²) in [6, 6.07) is 0. The third-order valence-corrected chi connectivity index (χ3v) is 6.47. The Hall–Kier alpha value is -2.54. The molecule has 0 aromatic carbocycles. The van der Waals surface area contributed by atoms with Crippen LogP contribution in [0.4, 0.5) is 0 Å². The molecule has 0 fully saturated rings. The van der Waals surface area contributed by atoms with Gasteiger partial charge >= 0.3 is 0 Å². The fourth-order valence-electron chi connectivity index (χ4n) is 4.09. The topological polar surface area (TPSA) is 112 Å². The van der Waals surface area contributed by atoms with E-state index >= 15 is 0 Å². The van der Waals surface area contributed by atoms with Crippen molar-refractivity contribution in [3.05, 3.63) is 25.3 Å². The highest BCUT2D eigenvalue weighted by Crippen LogP contribution is 2.19. The number of carbonyl (C=O) groups excluding carboxylic acids is 6. The maximum absolute atomic E-state index is 12.6. The summed E-state index contributed by atoms with van der Waals surface area (Å²) in [6.45, 7) is 17.3. The van der Waals surface area contributed by atoms with Crippen molar-refractivity contribution < 1.29 is 33.5 Å². The van der Waals surface area contributed by atoms with Gasteiger partial charge < -0.3 is 4.74 Å². The third kappa shape index (κ3) is 14.7. The molecule has 0 N–H and O–H groups in total. The standard InChI is InChI=1S/C30H46O7/c1-9-11-25(31)13-19(3)27(33)15-21(5)29(35)17-23(7)37-24(8)18-30(36)22(6)16-28(34)20(4)14-26(32)12-10-2/h9-10,19-24H,1-2,11-18H2,3-8H3. The van der Waals surface area contributed by atoms with Crippen LogP contribution in [0.15, 0.2) is 25.3 Å². The number of allylic oxidation sites excluding steroid dienone is 2. The van der Waals surface area contributed by atoms with Gasteiger partial charge in [0.15, 0.2) is 0 Å². The van der Waals surface area contributed by atoms with E-state index in [0.29, 0.717) is 0 Å². The van der Waals surface area contributed by atoms with E-state index in [9.17, 15) is 28.8 Å². The van der Waals surface area contributed by atoms with E-state index in [0.717, 1.165) is 0 Å². The summed E-state index contributed by atoms with van der Waals surface area (Å²) in [7, 11) is 0. The lowest BCUT2D eigenvalue weighted by Gasteiger charge is -2.21. The summed E-state index contributed by atoms with van der Waals surface area (Å²) >= 11 is 0. The molecule has 0 aromatic rings. The lowest BCUT2D eigenvalue weighted by molar-refractivity contribution is -0.134. The van der Waals surface area contributed by atoms with Crippen molar-refractivity contribution in [1.29, 1.82) is 0 Å². The van der Waals surface area contributed by atoms with Gasteiger partial charge in [-0.2, -0.15) is 0 Å². The fourth-order valence-corrected chi connectivity index (χ4v) is 4.09. The molecule has 0 spiro atoms. The van der Waals surface area contributed by atoms with Gasteiger partial charge in [0.1, 0.15) is 34.7 Å². The Morgan fingerprint density at radius 2 is 0.784 bits per heavy atom. The Balaban J connectivity index is 4.56. The van der Waals surface area contributed by atoms with Crippen LogP contribution in [0, 0.1) is 23.7 Å². The molecule has 37 heavy (non-hydrogen) atoms. The highest BCUT2D eigenvalue weighted by atomic mass is 16.5. The molecule has 0 aliphatic heterocycles. The molecule has 6 atom stereocenters. The van der Waals surface area contributed by atoms with Crippen LogP contribution in [0.3, 0.4) is 0 Å². The summed E-state index contributed by atoms with van der Waals surface area (Å²) < 4.78 is 5.84. The summed E-state index contributed by atoms with van der Waals surface area (Å²) in [5.74, 6) is -2.40. The first kappa shape index (κ1) is 34.5. The summed E-state index contributed by atoms with van der Waals surface area (Å²) in [5, 5.41) is 0. The van der Waals surface area contributed by atoms with Crippen molar-refractivity contribution in [3.63, 3.8) is 0 Å². The Morgan fingerprint density at radius 1 is 0.514 bits per heavy atom. The van der Waals surface area contributed by atoms with Gasteiger partial charge in [-0.05, 0) is 13.8 Å². The van der Waals surface area contributed by atoms with Crippen molar-refractivity contribution >= 4 is 34.7 Å². The van der Waals surface area contributed by atoms with E-state index in [-0.39, 0.29) is 86.1 Å². The second kappa shape index (κ2) is 17.8. The number of hydrogen-bond acceptors (Lipinski definition) is 7. The molecule has 0 aromatic heterocycles. The van der Waals surface area contributed by atoms with Crippen LogP contribution in [0.5, 0.6) is 0 Å². The minimum Gasteiger partial charge on any atom is -0.375 e. The van der Waals surface area contributed by atoms with Crippen molar-refractivity contribution in [2.24, 2.45) is 23.7 Å². The van der Waals surface area contributed by atoms with Crippen LogP contribution >= 0.6 is 0 Å². The molecule has 0 aliphatic rings. The summed E-state index contributed by atoms with van der Waals surface area (Å²) in [4.78, 5) is 73.5. The Labute approximate surface area is 222 Å². The average molecular weight is 519 g/mol. The van der Waals surface area contributed by atoms with Crippen molar-refractivity contribution in [2.45, 2.75) is 105 Å². The van der Waals surface area contributed by atoms with Crippen LogP contribution in [-0.2, 0) is 33.5 Å². The van der Waals surface area contributed by atoms with Gasteiger partial charge in [0, 0.05) is 75.0 Å². The second-order valence-corrected chi connectivity index (χ2v) is 10.5. The molecular weight excluding hydrogens is 472 g/mol. The molecule has 0 amide bonds. The summed E-state index contributed by atoms with van der Waals surface area (Å²) in [5.41, 5.74) is 0. The molecule has 0 aliphatic carbocycles. The normalized spacial score (nSPS) is 15.9. The molecule has 0 heterocycles. The van der Waals surface area contributed by atoms with Crippen LogP contribution in [0.1, 0.15) is 92.9 Å². The predicted molar refractivity (Wildman–Crippen MR) is 144 cm³/mol. The molecule has 0 bridgehead atoms. The zero-order valence-corrected chi connectivity index (χ0v) is 23.5. The number of ketones is 6. The first-order chi connectivity index (χ1) is 17.2. The van der Waals surface area contributed by atoms with Crippen LogP contribution in [-0.4, -0.2) is 46.9 Å². The molecule has 6 unspecified atom stereocenters. The highest BCUT2D eigenvalue weighted by Gasteiger charge is 2.26. The zero-order valence-electron chi connectivity index (χ0n) is 23.5. The van der Waals surface area contributed by atoms with E-state index in [4.69, 9.17) is 4.74 Å². The highest BCUT2D eigenvalue weighted by molar-refractivity contribution is 5.92.